The Bertz CT molecular complexity index is 1180. The zero-order chi connectivity index (χ0) is 23.1. The Balaban J connectivity index is 1.55. The SMILES string of the molecule is CC(=O)Nc1ccc(NC(=O)COc2ccc(N(C)S(=O)(=O)c3ccccc3)cc2)cc1. The van der Waals surface area contributed by atoms with Gasteiger partial charge in [-0.2, -0.15) is 0 Å². The fraction of sp³-hybridized carbons (Fsp3) is 0.130. The highest BCUT2D eigenvalue weighted by Gasteiger charge is 2.20. The van der Waals surface area contributed by atoms with Crippen LogP contribution < -0.4 is 19.7 Å². The van der Waals surface area contributed by atoms with E-state index in [1.165, 1.54) is 30.4 Å². The lowest BCUT2D eigenvalue weighted by molar-refractivity contribution is -0.118. The molecule has 8 nitrogen and oxygen atoms in total. The van der Waals surface area contributed by atoms with Crippen molar-refractivity contribution in [2.45, 2.75) is 11.8 Å². The van der Waals surface area contributed by atoms with Crippen LogP contribution in [0, 0.1) is 0 Å². The van der Waals surface area contributed by atoms with Crippen LogP contribution in [0.5, 0.6) is 5.75 Å². The molecule has 0 radical (unpaired) electrons. The second kappa shape index (κ2) is 9.97. The molecule has 0 atom stereocenters. The first kappa shape index (κ1) is 22.8. The summed E-state index contributed by atoms with van der Waals surface area (Å²) in [5, 5.41) is 5.34. The minimum Gasteiger partial charge on any atom is -0.484 e. The number of nitrogens with zero attached hydrogens (tertiary/aromatic N) is 1. The summed E-state index contributed by atoms with van der Waals surface area (Å²) in [4.78, 5) is 23.4. The molecule has 0 unspecified atom stereocenters. The molecule has 32 heavy (non-hydrogen) atoms. The molecular weight excluding hydrogens is 430 g/mol. The van der Waals surface area contributed by atoms with Crippen molar-refractivity contribution in [2.24, 2.45) is 0 Å². The fourth-order valence-electron chi connectivity index (χ4n) is 2.83. The molecule has 3 aromatic carbocycles. The van der Waals surface area contributed by atoms with Crippen LogP contribution in [-0.2, 0) is 19.6 Å². The van der Waals surface area contributed by atoms with E-state index < -0.39 is 10.0 Å². The lowest BCUT2D eigenvalue weighted by Gasteiger charge is -2.19. The van der Waals surface area contributed by atoms with Crippen molar-refractivity contribution in [3.63, 3.8) is 0 Å². The van der Waals surface area contributed by atoms with Crippen molar-refractivity contribution in [2.75, 3.05) is 28.6 Å². The topological polar surface area (TPSA) is 105 Å². The van der Waals surface area contributed by atoms with Crippen molar-refractivity contribution < 1.29 is 22.7 Å². The summed E-state index contributed by atoms with van der Waals surface area (Å²) < 4.78 is 32.1. The first-order valence-electron chi connectivity index (χ1n) is 9.70. The predicted octanol–water partition coefficient (Wildman–Crippen LogP) is 3.49. The number of ether oxygens (including phenoxy) is 1. The average molecular weight is 454 g/mol. The van der Waals surface area contributed by atoms with E-state index >= 15 is 0 Å². The van der Waals surface area contributed by atoms with Crippen LogP contribution in [0.2, 0.25) is 0 Å². The quantitative estimate of drug-likeness (QED) is 0.543. The lowest BCUT2D eigenvalue weighted by atomic mass is 10.2. The van der Waals surface area contributed by atoms with Crippen molar-refractivity contribution in [1.82, 2.24) is 0 Å². The number of carbonyl (C=O) groups is 2. The highest BCUT2D eigenvalue weighted by Crippen LogP contribution is 2.24. The van der Waals surface area contributed by atoms with Gasteiger partial charge in [0.1, 0.15) is 5.75 Å². The van der Waals surface area contributed by atoms with Crippen molar-refractivity contribution in [1.29, 1.82) is 0 Å². The van der Waals surface area contributed by atoms with Crippen LogP contribution in [0.3, 0.4) is 0 Å². The van der Waals surface area contributed by atoms with E-state index in [-0.39, 0.29) is 23.3 Å². The van der Waals surface area contributed by atoms with Crippen molar-refractivity contribution in [3.8, 4) is 5.75 Å². The number of hydrogen-bond donors (Lipinski definition) is 2. The highest BCUT2D eigenvalue weighted by atomic mass is 32.2. The van der Waals surface area contributed by atoms with Crippen LogP contribution in [0.25, 0.3) is 0 Å². The van der Waals surface area contributed by atoms with Crippen LogP contribution in [0.1, 0.15) is 6.92 Å². The number of anilines is 3. The summed E-state index contributed by atoms with van der Waals surface area (Å²) in [7, 11) is -2.19. The molecule has 0 spiro atoms. The maximum Gasteiger partial charge on any atom is 0.264 e. The maximum absolute atomic E-state index is 12.7. The van der Waals surface area contributed by atoms with Crippen molar-refractivity contribution >= 4 is 38.9 Å². The molecule has 0 aromatic heterocycles. The number of nitrogens with one attached hydrogen (secondary N) is 2. The van der Waals surface area contributed by atoms with Gasteiger partial charge in [0.05, 0.1) is 10.6 Å². The summed E-state index contributed by atoms with van der Waals surface area (Å²) in [5.41, 5.74) is 1.66. The number of carbonyl (C=O) groups excluding carboxylic acids is 2. The first-order chi connectivity index (χ1) is 15.3. The van der Waals surface area contributed by atoms with Gasteiger partial charge >= 0.3 is 0 Å². The molecule has 2 N–H and O–H groups in total. The third-order valence-electron chi connectivity index (χ3n) is 4.46. The molecule has 3 rings (SSSR count). The van der Waals surface area contributed by atoms with E-state index in [9.17, 15) is 18.0 Å². The minimum atomic E-state index is -3.67. The Kier molecular flexibility index (Phi) is 7.11. The first-order valence-corrected chi connectivity index (χ1v) is 11.1. The molecule has 0 aliphatic carbocycles. The second-order valence-electron chi connectivity index (χ2n) is 6.87. The number of hydrogen-bond acceptors (Lipinski definition) is 5. The van der Waals surface area contributed by atoms with Gasteiger partial charge in [0.2, 0.25) is 5.91 Å². The van der Waals surface area contributed by atoms with Crippen LogP contribution in [0.4, 0.5) is 17.1 Å². The third-order valence-corrected chi connectivity index (χ3v) is 6.26. The molecule has 166 valence electrons. The Hall–Kier alpha value is -3.85. The second-order valence-corrected chi connectivity index (χ2v) is 8.84. The monoisotopic (exact) mass is 453 g/mol. The van der Waals surface area contributed by atoms with Crippen molar-refractivity contribution in [3.05, 3.63) is 78.9 Å². The molecule has 0 saturated heterocycles. The molecule has 3 aromatic rings. The Morgan fingerprint density at radius 2 is 1.41 bits per heavy atom. The molecule has 0 saturated carbocycles. The van der Waals surface area contributed by atoms with Gasteiger partial charge in [-0.25, -0.2) is 8.42 Å². The van der Waals surface area contributed by atoms with Gasteiger partial charge in [-0.05, 0) is 60.7 Å². The maximum atomic E-state index is 12.7. The average Bonchev–Trinajstić information content (AvgIpc) is 2.79. The van der Waals surface area contributed by atoms with E-state index in [1.54, 1.807) is 66.7 Å². The summed E-state index contributed by atoms with van der Waals surface area (Å²) in [6.07, 6.45) is 0. The number of rotatable bonds is 8. The number of benzene rings is 3. The predicted molar refractivity (Wildman–Crippen MR) is 123 cm³/mol. The smallest absolute Gasteiger partial charge is 0.264 e. The van der Waals surface area contributed by atoms with Gasteiger partial charge in [-0.1, -0.05) is 18.2 Å². The Morgan fingerprint density at radius 1 is 0.844 bits per heavy atom. The van der Waals surface area contributed by atoms with E-state index in [1.807, 2.05) is 0 Å². The number of amides is 2. The summed E-state index contributed by atoms with van der Waals surface area (Å²) in [6, 6.07) is 21.3. The van der Waals surface area contributed by atoms with Gasteiger partial charge in [-0.15, -0.1) is 0 Å². The molecule has 0 fully saturated rings. The van der Waals surface area contributed by atoms with Gasteiger partial charge in [-0.3, -0.25) is 13.9 Å². The normalized spacial score (nSPS) is 10.8. The zero-order valence-electron chi connectivity index (χ0n) is 17.6. The van der Waals surface area contributed by atoms with Gasteiger partial charge in [0.15, 0.2) is 6.61 Å². The Labute approximate surface area is 186 Å². The lowest BCUT2D eigenvalue weighted by Crippen LogP contribution is -2.26. The summed E-state index contributed by atoms with van der Waals surface area (Å²) in [6.45, 7) is 1.20. The van der Waals surface area contributed by atoms with Gasteiger partial charge in [0, 0.05) is 25.3 Å². The molecular formula is C23H23N3O5S. The third kappa shape index (κ3) is 5.86. The molecule has 0 aliphatic rings. The standard InChI is InChI=1S/C23H23N3O5S/c1-17(27)24-18-8-10-19(11-9-18)25-23(28)16-31-21-14-12-20(13-15-21)26(2)32(29,30)22-6-4-3-5-7-22/h3-15H,16H2,1-2H3,(H,24,27)(H,25,28). The minimum absolute atomic E-state index is 0.176. The van der Waals surface area contributed by atoms with Crippen LogP contribution in [-0.4, -0.2) is 33.9 Å². The number of sulfonamides is 1. The summed E-state index contributed by atoms with van der Waals surface area (Å²) in [5.74, 6) is -0.106. The Morgan fingerprint density at radius 3 is 1.97 bits per heavy atom. The molecule has 2 amide bonds. The zero-order valence-corrected chi connectivity index (χ0v) is 18.4. The highest BCUT2D eigenvalue weighted by molar-refractivity contribution is 7.92. The van der Waals surface area contributed by atoms with E-state index in [0.717, 1.165) is 0 Å². The summed E-state index contributed by atoms with van der Waals surface area (Å²) >= 11 is 0. The van der Waals surface area contributed by atoms with E-state index in [0.29, 0.717) is 22.8 Å². The van der Waals surface area contributed by atoms with E-state index in [2.05, 4.69) is 10.6 Å². The largest absolute Gasteiger partial charge is 0.484 e. The van der Waals surface area contributed by atoms with E-state index in [4.69, 9.17) is 4.74 Å². The van der Waals surface area contributed by atoms with Gasteiger partial charge < -0.3 is 15.4 Å². The van der Waals surface area contributed by atoms with Gasteiger partial charge in [0.25, 0.3) is 15.9 Å². The van der Waals surface area contributed by atoms with Crippen LogP contribution >= 0.6 is 0 Å². The molecule has 9 heteroatoms. The molecule has 0 aliphatic heterocycles. The molecule has 0 bridgehead atoms. The molecule has 0 heterocycles. The van der Waals surface area contributed by atoms with Crippen LogP contribution in [0.15, 0.2) is 83.8 Å². The fourth-order valence-corrected chi connectivity index (χ4v) is 4.04.